The largest absolute Gasteiger partial charge is 0.354 e. The molecule has 0 aliphatic carbocycles. The summed E-state index contributed by atoms with van der Waals surface area (Å²) >= 11 is 7.62. The summed E-state index contributed by atoms with van der Waals surface area (Å²) in [5.41, 5.74) is 1.97. The number of piperidine rings is 1. The Bertz CT molecular complexity index is 1130. The number of hydrogen-bond donors (Lipinski definition) is 1. The van der Waals surface area contributed by atoms with E-state index in [9.17, 15) is 9.59 Å². The Morgan fingerprint density at radius 3 is 2.44 bits per heavy atom. The van der Waals surface area contributed by atoms with Crippen LogP contribution < -0.4 is 10.2 Å². The normalized spacial score (nSPS) is 18.7. The molecule has 2 fully saturated rings. The number of carbonyl (C=O) groups excluding carboxylic acids is 2. The minimum atomic E-state index is -0.0292. The third-order valence-corrected chi connectivity index (χ3v) is 8.44. The molecule has 1 unspecified atom stereocenters. The predicted molar refractivity (Wildman–Crippen MR) is 159 cm³/mol. The molecule has 10 heteroatoms. The number of benzene rings is 1. The number of hydrogen-bond acceptors (Lipinski definition) is 7. The standard InChI is InChI=1S/C29H41ClN6O2S/c1-21-19-35(16-17-36(21)27(38)22-8-10-23(11-9-22)29(2,3)4)25-18-24(30)32-28(33-25)39-20-26(37)31-12-15-34-13-6-5-7-14-34/h8-11,18,21H,5-7,12-17,19-20H2,1-4H3,(H,31,37). The van der Waals surface area contributed by atoms with E-state index in [0.29, 0.717) is 42.1 Å². The summed E-state index contributed by atoms with van der Waals surface area (Å²) < 4.78 is 0. The molecule has 8 nitrogen and oxygen atoms in total. The number of halogens is 1. The number of thioether (sulfide) groups is 1. The van der Waals surface area contributed by atoms with Crippen LogP contribution in [0.15, 0.2) is 35.5 Å². The van der Waals surface area contributed by atoms with Crippen molar-refractivity contribution >= 4 is 41.0 Å². The fraction of sp³-hybridized carbons (Fsp3) is 0.586. The van der Waals surface area contributed by atoms with E-state index in [2.05, 4.69) is 52.8 Å². The van der Waals surface area contributed by atoms with Gasteiger partial charge in [0.15, 0.2) is 5.16 Å². The van der Waals surface area contributed by atoms with E-state index in [1.165, 1.54) is 36.6 Å². The van der Waals surface area contributed by atoms with Crippen molar-refractivity contribution in [3.63, 3.8) is 0 Å². The summed E-state index contributed by atoms with van der Waals surface area (Å²) in [5.74, 6) is 0.979. The molecule has 1 aromatic carbocycles. The first kappa shape index (κ1) is 29.6. The van der Waals surface area contributed by atoms with Crippen LogP contribution in [0.4, 0.5) is 5.82 Å². The summed E-state index contributed by atoms with van der Waals surface area (Å²) in [6.45, 7) is 14.2. The van der Waals surface area contributed by atoms with Gasteiger partial charge in [0.05, 0.1) is 5.75 Å². The first-order valence-corrected chi connectivity index (χ1v) is 15.3. The van der Waals surface area contributed by atoms with E-state index in [1.54, 1.807) is 6.07 Å². The van der Waals surface area contributed by atoms with E-state index in [-0.39, 0.29) is 29.0 Å². The average molecular weight is 573 g/mol. The van der Waals surface area contributed by atoms with Gasteiger partial charge in [-0.2, -0.15) is 0 Å². The lowest BCUT2D eigenvalue weighted by Crippen LogP contribution is -2.54. The molecule has 0 spiro atoms. The van der Waals surface area contributed by atoms with Crippen LogP contribution in [0, 0.1) is 0 Å². The summed E-state index contributed by atoms with van der Waals surface area (Å²) in [5, 5.41) is 3.83. The summed E-state index contributed by atoms with van der Waals surface area (Å²) in [7, 11) is 0. The van der Waals surface area contributed by atoms with Gasteiger partial charge < -0.3 is 20.0 Å². The van der Waals surface area contributed by atoms with Gasteiger partial charge in [0.2, 0.25) is 5.91 Å². The van der Waals surface area contributed by atoms with Gasteiger partial charge >= 0.3 is 0 Å². The Morgan fingerprint density at radius 1 is 1.05 bits per heavy atom. The van der Waals surface area contributed by atoms with Crippen molar-refractivity contribution in [2.75, 3.05) is 56.5 Å². The van der Waals surface area contributed by atoms with Gasteiger partial charge in [-0.1, -0.05) is 62.7 Å². The van der Waals surface area contributed by atoms with Crippen molar-refractivity contribution in [3.05, 3.63) is 46.6 Å². The molecule has 2 amide bonds. The number of aromatic nitrogens is 2. The van der Waals surface area contributed by atoms with Crippen molar-refractivity contribution in [1.82, 2.24) is 25.1 Å². The van der Waals surface area contributed by atoms with Crippen molar-refractivity contribution in [2.45, 2.75) is 63.6 Å². The van der Waals surface area contributed by atoms with Crippen LogP contribution in [-0.4, -0.2) is 89.2 Å². The number of piperazine rings is 1. The molecule has 1 aromatic heterocycles. The topological polar surface area (TPSA) is 81.7 Å². The first-order valence-electron chi connectivity index (χ1n) is 13.9. The van der Waals surface area contributed by atoms with Crippen LogP contribution in [0.25, 0.3) is 0 Å². The van der Waals surface area contributed by atoms with Crippen molar-refractivity contribution in [3.8, 4) is 0 Å². The quantitative estimate of drug-likeness (QED) is 0.284. The Kier molecular flexibility index (Phi) is 10.1. The molecule has 2 aromatic rings. The Hall–Kier alpha value is -2.36. The Balaban J connectivity index is 1.29. The van der Waals surface area contributed by atoms with Crippen molar-refractivity contribution in [1.29, 1.82) is 0 Å². The second kappa shape index (κ2) is 13.3. The molecule has 39 heavy (non-hydrogen) atoms. The molecule has 2 aliphatic heterocycles. The fourth-order valence-electron chi connectivity index (χ4n) is 5.08. The van der Waals surface area contributed by atoms with Crippen LogP contribution in [0.2, 0.25) is 5.15 Å². The van der Waals surface area contributed by atoms with Crippen LogP contribution >= 0.6 is 23.4 Å². The van der Waals surface area contributed by atoms with Crippen molar-refractivity contribution < 1.29 is 9.59 Å². The van der Waals surface area contributed by atoms with E-state index >= 15 is 0 Å². The lowest BCUT2D eigenvalue weighted by molar-refractivity contribution is -0.118. The highest BCUT2D eigenvalue weighted by Gasteiger charge is 2.29. The SMILES string of the molecule is CC1CN(c2cc(Cl)nc(SCC(=O)NCCN3CCCCC3)n2)CCN1C(=O)c1ccc(C(C)(C)C)cc1. The highest BCUT2D eigenvalue weighted by Crippen LogP contribution is 2.26. The number of likely N-dealkylation sites (tertiary alicyclic amines) is 1. The number of rotatable bonds is 8. The van der Waals surface area contributed by atoms with Crippen LogP contribution in [0.3, 0.4) is 0 Å². The third-order valence-electron chi connectivity index (χ3n) is 7.40. The highest BCUT2D eigenvalue weighted by molar-refractivity contribution is 7.99. The van der Waals surface area contributed by atoms with E-state index in [1.807, 2.05) is 29.2 Å². The van der Waals surface area contributed by atoms with E-state index < -0.39 is 0 Å². The third kappa shape index (κ3) is 8.32. The lowest BCUT2D eigenvalue weighted by atomic mass is 9.86. The summed E-state index contributed by atoms with van der Waals surface area (Å²) in [6, 6.07) is 9.71. The molecule has 2 aliphatic rings. The molecule has 4 rings (SSSR count). The Morgan fingerprint density at radius 2 is 1.77 bits per heavy atom. The predicted octanol–water partition coefficient (Wildman–Crippen LogP) is 4.47. The molecule has 212 valence electrons. The van der Waals surface area contributed by atoms with Gasteiger partial charge in [-0.15, -0.1) is 0 Å². The highest BCUT2D eigenvalue weighted by atomic mass is 35.5. The first-order chi connectivity index (χ1) is 18.6. The molecule has 3 heterocycles. The molecule has 1 atom stereocenters. The van der Waals surface area contributed by atoms with Gasteiger partial charge in [-0.3, -0.25) is 9.59 Å². The van der Waals surface area contributed by atoms with Crippen LogP contribution in [-0.2, 0) is 10.2 Å². The van der Waals surface area contributed by atoms with Gasteiger partial charge in [0, 0.05) is 50.4 Å². The molecule has 0 radical (unpaired) electrons. The van der Waals surface area contributed by atoms with Gasteiger partial charge in [0.25, 0.3) is 5.91 Å². The summed E-state index contributed by atoms with van der Waals surface area (Å²) in [6.07, 6.45) is 3.79. The maximum absolute atomic E-state index is 13.3. The number of nitrogens with zero attached hydrogens (tertiary/aromatic N) is 5. The zero-order valence-electron chi connectivity index (χ0n) is 23.6. The lowest BCUT2D eigenvalue weighted by Gasteiger charge is -2.40. The van der Waals surface area contributed by atoms with E-state index in [0.717, 1.165) is 25.5 Å². The molecular formula is C29H41ClN6O2S. The zero-order valence-corrected chi connectivity index (χ0v) is 25.2. The van der Waals surface area contributed by atoms with Crippen molar-refractivity contribution in [2.24, 2.45) is 0 Å². The second-order valence-corrected chi connectivity index (χ2v) is 12.8. The molecule has 2 saturated heterocycles. The molecular weight excluding hydrogens is 532 g/mol. The monoisotopic (exact) mass is 572 g/mol. The number of amides is 2. The summed E-state index contributed by atoms with van der Waals surface area (Å²) in [4.78, 5) is 41.1. The van der Waals surface area contributed by atoms with Gasteiger partial charge in [-0.25, -0.2) is 9.97 Å². The zero-order chi connectivity index (χ0) is 28.0. The van der Waals surface area contributed by atoms with Gasteiger partial charge in [0.1, 0.15) is 11.0 Å². The minimum absolute atomic E-state index is 0.00377. The van der Waals surface area contributed by atoms with E-state index in [4.69, 9.17) is 11.6 Å². The van der Waals surface area contributed by atoms with Crippen LogP contribution in [0.5, 0.6) is 0 Å². The fourth-order valence-corrected chi connectivity index (χ4v) is 5.99. The molecule has 1 N–H and O–H groups in total. The maximum Gasteiger partial charge on any atom is 0.254 e. The van der Waals surface area contributed by atoms with Crippen LogP contribution in [0.1, 0.15) is 62.9 Å². The number of anilines is 1. The maximum atomic E-state index is 13.3. The Labute approximate surface area is 241 Å². The molecule has 0 saturated carbocycles. The number of carbonyl (C=O) groups is 2. The smallest absolute Gasteiger partial charge is 0.254 e. The van der Waals surface area contributed by atoms with Gasteiger partial charge in [-0.05, 0) is 56.0 Å². The minimum Gasteiger partial charge on any atom is -0.354 e. The molecule has 0 bridgehead atoms. The second-order valence-electron chi connectivity index (χ2n) is 11.5. The average Bonchev–Trinajstić information content (AvgIpc) is 2.91. The number of nitrogens with one attached hydrogen (secondary N) is 1.